The number of rotatable bonds is 3. The van der Waals surface area contributed by atoms with Crippen molar-refractivity contribution in [3.8, 4) is 0 Å². The van der Waals surface area contributed by atoms with Gasteiger partial charge in [0.05, 0.1) is 6.04 Å². The van der Waals surface area contributed by atoms with Crippen LogP contribution in [0.15, 0.2) is 6.07 Å². The third-order valence-electron chi connectivity index (χ3n) is 3.13. The van der Waals surface area contributed by atoms with Gasteiger partial charge >= 0.3 is 0 Å². The molecule has 3 nitrogen and oxygen atoms in total. The maximum atomic E-state index is 11.9. The van der Waals surface area contributed by atoms with Gasteiger partial charge in [0.15, 0.2) is 0 Å². The van der Waals surface area contributed by atoms with Crippen molar-refractivity contribution < 1.29 is 9.53 Å². The molecule has 1 saturated heterocycles. The van der Waals surface area contributed by atoms with Crippen molar-refractivity contribution >= 4 is 17.2 Å². The van der Waals surface area contributed by atoms with Crippen LogP contribution in [0.5, 0.6) is 0 Å². The molecule has 4 heteroatoms. The molecule has 0 spiro atoms. The molecule has 1 aliphatic heterocycles. The lowest BCUT2D eigenvalue weighted by Gasteiger charge is -2.16. The van der Waals surface area contributed by atoms with E-state index in [0.29, 0.717) is 6.61 Å². The second-order valence-corrected chi connectivity index (χ2v) is 6.06. The molecule has 1 amide bonds. The van der Waals surface area contributed by atoms with Gasteiger partial charge in [0.1, 0.15) is 6.10 Å². The van der Waals surface area contributed by atoms with E-state index >= 15 is 0 Å². The molecular formula is C13H19NO2S. The van der Waals surface area contributed by atoms with Crippen LogP contribution in [0, 0.1) is 13.8 Å². The van der Waals surface area contributed by atoms with Crippen LogP contribution in [0.4, 0.5) is 0 Å². The fourth-order valence-corrected chi connectivity index (χ4v) is 3.27. The van der Waals surface area contributed by atoms with Crippen molar-refractivity contribution in [1.29, 1.82) is 0 Å². The third-order valence-corrected chi connectivity index (χ3v) is 4.11. The normalized spacial score (nSPS) is 21.5. The number of ether oxygens (including phenoxy) is 1. The van der Waals surface area contributed by atoms with Crippen LogP contribution in [0.25, 0.3) is 0 Å². The molecule has 2 rings (SSSR count). The Kier molecular flexibility index (Phi) is 3.84. The summed E-state index contributed by atoms with van der Waals surface area (Å²) in [5.41, 5.74) is 1.22. The number of carbonyl (C=O) groups is 1. The molecule has 1 aliphatic rings. The maximum absolute atomic E-state index is 11.9. The van der Waals surface area contributed by atoms with Crippen LogP contribution >= 0.6 is 11.3 Å². The molecule has 1 fully saturated rings. The van der Waals surface area contributed by atoms with Crippen LogP contribution in [-0.2, 0) is 9.53 Å². The van der Waals surface area contributed by atoms with Crippen LogP contribution in [0.1, 0.15) is 41.1 Å². The van der Waals surface area contributed by atoms with E-state index in [2.05, 4.69) is 25.2 Å². The fraction of sp³-hybridized carbons (Fsp3) is 0.615. The van der Waals surface area contributed by atoms with E-state index in [0.717, 1.165) is 12.8 Å². The van der Waals surface area contributed by atoms with Crippen molar-refractivity contribution in [2.45, 2.75) is 45.8 Å². The predicted octanol–water partition coefficient (Wildman–Crippen LogP) is 2.72. The third kappa shape index (κ3) is 2.87. The van der Waals surface area contributed by atoms with Gasteiger partial charge in [0, 0.05) is 16.4 Å². The summed E-state index contributed by atoms with van der Waals surface area (Å²) in [7, 11) is 0. The van der Waals surface area contributed by atoms with Gasteiger partial charge in [0.25, 0.3) is 0 Å². The van der Waals surface area contributed by atoms with Crippen molar-refractivity contribution in [2.75, 3.05) is 6.61 Å². The van der Waals surface area contributed by atoms with Crippen molar-refractivity contribution in [3.05, 3.63) is 21.4 Å². The molecule has 94 valence electrons. The van der Waals surface area contributed by atoms with Gasteiger partial charge in [0.2, 0.25) is 5.91 Å². The quantitative estimate of drug-likeness (QED) is 0.899. The van der Waals surface area contributed by atoms with Crippen molar-refractivity contribution in [1.82, 2.24) is 5.32 Å². The summed E-state index contributed by atoms with van der Waals surface area (Å²) >= 11 is 1.77. The van der Waals surface area contributed by atoms with E-state index < -0.39 is 0 Å². The molecule has 1 aromatic rings. The standard InChI is InChI=1S/C13H19NO2S/c1-8-7-11(10(3)17-8)9(2)14-13(15)12-5-4-6-16-12/h7,9,12H,4-6H2,1-3H3,(H,14,15)/t9-,12+/m1/s1. The summed E-state index contributed by atoms with van der Waals surface area (Å²) in [6, 6.07) is 2.22. The first-order valence-corrected chi connectivity index (χ1v) is 6.88. The number of amides is 1. The highest BCUT2D eigenvalue weighted by molar-refractivity contribution is 7.12. The molecule has 0 aromatic carbocycles. The van der Waals surface area contributed by atoms with Crippen LogP contribution in [-0.4, -0.2) is 18.6 Å². The average molecular weight is 253 g/mol. The molecule has 0 aliphatic carbocycles. The summed E-state index contributed by atoms with van der Waals surface area (Å²) in [5, 5.41) is 3.04. The Morgan fingerprint density at radius 2 is 2.35 bits per heavy atom. The topological polar surface area (TPSA) is 38.3 Å². The van der Waals surface area contributed by atoms with Crippen LogP contribution in [0.2, 0.25) is 0 Å². The highest BCUT2D eigenvalue weighted by Crippen LogP contribution is 2.26. The fourth-order valence-electron chi connectivity index (χ4n) is 2.25. The Hall–Kier alpha value is -0.870. The maximum Gasteiger partial charge on any atom is 0.249 e. The van der Waals surface area contributed by atoms with E-state index in [1.807, 2.05) is 6.92 Å². The molecule has 0 bridgehead atoms. The lowest BCUT2D eigenvalue weighted by Crippen LogP contribution is -2.35. The minimum atomic E-state index is -0.238. The lowest BCUT2D eigenvalue weighted by atomic mass is 10.1. The number of aryl methyl sites for hydroxylation is 2. The highest BCUT2D eigenvalue weighted by atomic mass is 32.1. The van der Waals surface area contributed by atoms with Crippen LogP contribution in [0.3, 0.4) is 0 Å². The number of nitrogens with one attached hydrogen (secondary N) is 1. The zero-order valence-electron chi connectivity index (χ0n) is 10.6. The Morgan fingerprint density at radius 1 is 1.59 bits per heavy atom. The van der Waals surface area contributed by atoms with E-state index in [-0.39, 0.29) is 18.1 Å². The zero-order valence-corrected chi connectivity index (χ0v) is 11.4. The monoisotopic (exact) mass is 253 g/mol. The second kappa shape index (κ2) is 5.19. The summed E-state index contributed by atoms with van der Waals surface area (Å²) in [6.45, 7) is 6.93. The molecule has 0 radical (unpaired) electrons. The van der Waals surface area contributed by atoms with E-state index in [1.54, 1.807) is 11.3 Å². The SMILES string of the molecule is Cc1cc([C@@H](C)NC(=O)[C@@H]2CCCO2)c(C)s1. The molecular weight excluding hydrogens is 234 g/mol. The Bertz CT molecular complexity index is 408. The average Bonchev–Trinajstić information content (AvgIpc) is 2.87. The first-order chi connectivity index (χ1) is 8.08. The first-order valence-electron chi connectivity index (χ1n) is 6.07. The summed E-state index contributed by atoms with van der Waals surface area (Å²) in [6.07, 6.45) is 1.60. The van der Waals surface area contributed by atoms with Crippen molar-refractivity contribution in [3.63, 3.8) is 0 Å². The second-order valence-electron chi connectivity index (χ2n) is 4.60. The molecule has 0 unspecified atom stereocenters. The van der Waals surface area contributed by atoms with Gasteiger partial charge in [-0.05, 0) is 45.2 Å². The summed E-state index contributed by atoms with van der Waals surface area (Å²) in [4.78, 5) is 14.5. The lowest BCUT2D eigenvalue weighted by molar-refractivity contribution is -0.130. The predicted molar refractivity (Wildman–Crippen MR) is 69.3 cm³/mol. The smallest absolute Gasteiger partial charge is 0.249 e. The largest absolute Gasteiger partial charge is 0.368 e. The number of hydrogen-bond donors (Lipinski definition) is 1. The first kappa shape index (κ1) is 12.6. The van der Waals surface area contributed by atoms with Gasteiger partial charge in [-0.1, -0.05) is 0 Å². The molecule has 1 N–H and O–H groups in total. The summed E-state index contributed by atoms with van der Waals surface area (Å²) in [5.74, 6) is 0.0262. The van der Waals surface area contributed by atoms with Gasteiger partial charge in [-0.15, -0.1) is 11.3 Å². The van der Waals surface area contributed by atoms with Gasteiger partial charge in [-0.2, -0.15) is 0 Å². The van der Waals surface area contributed by atoms with E-state index in [1.165, 1.54) is 15.3 Å². The number of carbonyl (C=O) groups excluding carboxylic acids is 1. The van der Waals surface area contributed by atoms with Crippen molar-refractivity contribution in [2.24, 2.45) is 0 Å². The van der Waals surface area contributed by atoms with E-state index in [9.17, 15) is 4.79 Å². The van der Waals surface area contributed by atoms with Gasteiger partial charge in [-0.25, -0.2) is 0 Å². The molecule has 0 saturated carbocycles. The molecule has 1 aromatic heterocycles. The van der Waals surface area contributed by atoms with Gasteiger partial charge < -0.3 is 10.1 Å². The number of thiophene rings is 1. The Labute approximate surface area is 106 Å². The highest BCUT2D eigenvalue weighted by Gasteiger charge is 2.25. The minimum Gasteiger partial charge on any atom is -0.368 e. The van der Waals surface area contributed by atoms with E-state index in [4.69, 9.17) is 4.74 Å². The summed E-state index contributed by atoms with van der Waals surface area (Å²) < 4.78 is 5.38. The van der Waals surface area contributed by atoms with Gasteiger partial charge in [-0.3, -0.25) is 4.79 Å². The molecule has 2 atom stereocenters. The van der Waals surface area contributed by atoms with Crippen LogP contribution < -0.4 is 5.32 Å². The zero-order chi connectivity index (χ0) is 12.4. The molecule has 2 heterocycles. The molecule has 17 heavy (non-hydrogen) atoms. The Morgan fingerprint density at radius 3 is 2.88 bits per heavy atom. The minimum absolute atomic E-state index is 0.0262. The Balaban J connectivity index is 1.98. The number of hydrogen-bond acceptors (Lipinski definition) is 3.